The molecule has 0 saturated carbocycles. The van der Waals surface area contributed by atoms with Crippen molar-refractivity contribution in [3.63, 3.8) is 0 Å². The number of fused-ring (bicyclic) bond motifs is 8. The molecular weight excluding hydrogens is 699 g/mol. The van der Waals surface area contributed by atoms with Crippen molar-refractivity contribution >= 4 is 43.9 Å². The van der Waals surface area contributed by atoms with Gasteiger partial charge in [-0.1, -0.05) is 133 Å². The van der Waals surface area contributed by atoms with Crippen molar-refractivity contribution in [2.24, 2.45) is 0 Å². The number of thiophene rings is 1. The van der Waals surface area contributed by atoms with Crippen molar-refractivity contribution in [3.05, 3.63) is 114 Å². The van der Waals surface area contributed by atoms with E-state index in [1.165, 1.54) is 83.5 Å². The summed E-state index contributed by atoms with van der Waals surface area (Å²) in [5.41, 5.74) is 8.31. The maximum Gasteiger partial charge on any atom is 0.127 e. The number of hydrogen-bond acceptors (Lipinski definition) is 6. The summed E-state index contributed by atoms with van der Waals surface area (Å²) in [5, 5.41) is 21.8. The monoisotopic (exact) mass is 753 g/mol. The minimum absolute atomic E-state index is 0.388. The third kappa shape index (κ3) is 10.0. The molecule has 0 amide bonds. The smallest absolute Gasteiger partial charge is 0.127 e. The Hall–Kier alpha value is -4.56. The number of rotatable bonds is 18. The molecule has 0 radical (unpaired) electrons. The Bertz CT molecular complexity index is 2190. The number of aromatic nitrogens is 3. The minimum Gasteiger partial charge on any atom is -0.494 e. The third-order valence-electron chi connectivity index (χ3n) is 10.7. The standard InChI is InChI=1S/C48H55N3O3S/c1-2-3-4-5-6-7-8-9-10-11-12-13-14-18-31-54-38-25-21-35(22-26-38)46-40-28-24-37(50-40)33-42-48(53)47(52)41(51-42)32-36-23-27-39(49-36)45(34-19-16-15-17-20-34)43-29-30-44(46)55-43/h15-17,19-30,32-33,47-49,52-53H,2-14,18,31H2,1H3. The Morgan fingerprint density at radius 1 is 0.600 bits per heavy atom. The van der Waals surface area contributed by atoms with Gasteiger partial charge >= 0.3 is 0 Å². The number of ether oxygens (including phenoxy) is 1. The summed E-state index contributed by atoms with van der Waals surface area (Å²) >= 11 is 1.74. The molecule has 5 heterocycles. The molecule has 8 bridgehead atoms. The Morgan fingerprint density at radius 2 is 1.20 bits per heavy atom. The van der Waals surface area contributed by atoms with E-state index in [0.29, 0.717) is 17.1 Å². The fourth-order valence-corrected chi connectivity index (χ4v) is 8.82. The molecule has 5 aromatic rings. The van der Waals surface area contributed by atoms with Crippen molar-refractivity contribution in [1.29, 1.82) is 0 Å². The number of aliphatic hydroxyl groups is 2. The van der Waals surface area contributed by atoms with Crippen LogP contribution in [0.3, 0.4) is 0 Å². The highest BCUT2D eigenvalue weighted by Gasteiger charge is 2.28. The fourth-order valence-electron chi connectivity index (χ4n) is 7.65. The Kier molecular flexibility index (Phi) is 13.6. The predicted octanol–water partition coefficient (Wildman–Crippen LogP) is 13.2. The molecule has 2 aliphatic rings. The molecule has 0 spiro atoms. The second-order valence-electron chi connectivity index (χ2n) is 15.0. The molecule has 3 N–H and O–H groups in total. The van der Waals surface area contributed by atoms with E-state index in [1.54, 1.807) is 23.5 Å². The zero-order valence-electron chi connectivity index (χ0n) is 32.2. The summed E-state index contributed by atoms with van der Waals surface area (Å²) in [5.74, 6) is 0.876. The maximum absolute atomic E-state index is 10.9. The SMILES string of the molecule is CCCCCCCCCCCCCCCCOc1ccc(-c2c3nc(cc4nc(cc5ccc([nH]5)c(-c5ccccc5)c5ccc2s5)C(O)C4O)C=C3)cc1. The van der Waals surface area contributed by atoms with Crippen LogP contribution in [0.4, 0.5) is 0 Å². The van der Waals surface area contributed by atoms with Crippen LogP contribution in [0.5, 0.6) is 5.75 Å². The molecule has 7 heteroatoms. The first-order chi connectivity index (χ1) is 27.1. The molecule has 7 rings (SSSR count). The first kappa shape index (κ1) is 38.7. The van der Waals surface area contributed by atoms with Gasteiger partial charge in [-0.25, -0.2) is 4.98 Å². The molecule has 0 fully saturated rings. The second kappa shape index (κ2) is 19.3. The summed E-state index contributed by atoms with van der Waals surface area (Å²) in [6.07, 6.45) is 20.5. The molecular formula is C48H55N3O3S. The van der Waals surface area contributed by atoms with Crippen LogP contribution in [-0.2, 0) is 0 Å². The van der Waals surface area contributed by atoms with Gasteiger partial charge in [0.15, 0.2) is 0 Å². The van der Waals surface area contributed by atoms with Gasteiger partial charge in [-0.05, 0) is 78.2 Å². The van der Waals surface area contributed by atoms with Crippen LogP contribution in [-0.4, -0.2) is 31.8 Å². The molecule has 2 unspecified atom stereocenters. The lowest BCUT2D eigenvalue weighted by atomic mass is 10.0. The van der Waals surface area contributed by atoms with E-state index >= 15 is 0 Å². The average molecular weight is 754 g/mol. The first-order valence-electron chi connectivity index (χ1n) is 20.5. The highest BCUT2D eigenvalue weighted by Crippen LogP contribution is 2.39. The summed E-state index contributed by atoms with van der Waals surface area (Å²) in [7, 11) is 0. The summed E-state index contributed by atoms with van der Waals surface area (Å²) in [4.78, 5) is 13.2. The molecule has 2 aromatic carbocycles. The lowest BCUT2D eigenvalue weighted by Gasteiger charge is -2.08. The number of nitrogens with zero attached hydrogens (tertiary/aromatic N) is 2. The second-order valence-corrected chi connectivity index (χ2v) is 16.1. The normalized spacial score (nSPS) is 15.1. The number of benzene rings is 2. The van der Waals surface area contributed by atoms with Crippen LogP contribution in [0.25, 0.3) is 54.8 Å². The van der Waals surface area contributed by atoms with E-state index in [2.05, 4.69) is 83.6 Å². The molecule has 0 saturated heterocycles. The van der Waals surface area contributed by atoms with E-state index in [0.717, 1.165) is 67.2 Å². The van der Waals surface area contributed by atoms with E-state index in [1.807, 2.05) is 24.3 Å². The number of unbranched alkanes of at least 4 members (excludes halogenated alkanes) is 13. The average Bonchev–Trinajstić information content (AvgIpc) is 4.02. The summed E-state index contributed by atoms with van der Waals surface area (Å²) in [6.45, 7) is 3.01. The third-order valence-corrected chi connectivity index (χ3v) is 11.8. The largest absolute Gasteiger partial charge is 0.494 e. The van der Waals surface area contributed by atoms with Gasteiger partial charge < -0.3 is 19.9 Å². The summed E-state index contributed by atoms with van der Waals surface area (Å²) in [6, 6.07) is 30.8. The van der Waals surface area contributed by atoms with Crippen LogP contribution < -0.4 is 4.74 Å². The van der Waals surface area contributed by atoms with Gasteiger partial charge in [0.25, 0.3) is 0 Å². The van der Waals surface area contributed by atoms with Crippen LogP contribution in [0, 0.1) is 0 Å². The zero-order chi connectivity index (χ0) is 37.8. The van der Waals surface area contributed by atoms with Gasteiger partial charge in [0, 0.05) is 31.6 Å². The number of aromatic amines is 1. The van der Waals surface area contributed by atoms with E-state index in [9.17, 15) is 10.2 Å². The highest BCUT2D eigenvalue weighted by atomic mass is 32.1. The first-order valence-corrected chi connectivity index (χ1v) is 21.4. The van der Waals surface area contributed by atoms with E-state index < -0.39 is 12.2 Å². The van der Waals surface area contributed by atoms with Gasteiger partial charge in [0.2, 0.25) is 0 Å². The van der Waals surface area contributed by atoms with Gasteiger partial charge in [-0.2, -0.15) is 0 Å². The highest BCUT2D eigenvalue weighted by molar-refractivity contribution is 7.24. The van der Waals surface area contributed by atoms with Gasteiger partial charge in [0.05, 0.1) is 29.4 Å². The molecule has 286 valence electrons. The quantitative estimate of drug-likeness (QED) is 0.0760. The topological polar surface area (TPSA) is 91.3 Å². The van der Waals surface area contributed by atoms with Crippen molar-refractivity contribution < 1.29 is 14.9 Å². The van der Waals surface area contributed by atoms with Crippen molar-refractivity contribution in [2.75, 3.05) is 6.61 Å². The number of hydrogen-bond donors (Lipinski definition) is 3. The zero-order valence-corrected chi connectivity index (χ0v) is 33.0. The fraction of sp³-hybridized carbons (Fsp3) is 0.375. The molecule has 55 heavy (non-hydrogen) atoms. The molecule has 3 aromatic heterocycles. The molecule has 0 aliphatic carbocycles. The van der Waals surface area contributed by atoms with E-state index in [-0.39, 0.29) is 0 Å². The van der Waals surface area contributed by atoms with Gasteiger partial charge in [-0.15, -0.1) is 11.3 Å². The minimum atomic E-state index is -1.14. The number of nitrogens with one attached hydrogen (secondary N) is 1. The summed E-state index contributed by atoms with van der Waals surface area (Å²) < 4.78 is 8.42. The molecule has 2 atom stereocenters. The van der Waals surface area contributed by atoms with Crippen LogP contribution in [0.2, 0.25) is 0 Å². The maximum atomic E-state index is 10.9. The van der Waals surface area contributed by atoms with Gasteiger partial charge in [0.1, 0.15) is 18.0 Å². The van der Waals surface area contributed by atoms with Crippen molar-refractivity contribution in [2.45, 2.75) is 109 Å². The van der Waals surface area contributed by atoms with Crippen LogP contribution >= 0.6 is 11.3 Å². The number of aliphatic hydroxyl groups excluding tert-OH is 2. The van der Waals surface area contributed by atoms with Crippen molar-refractivity contribution in [1.82, 2.24) is 15.0 Å². The lowest BCUT2D eigenvalue weighted by Crippen LogP contribution is -2.02. The Labute approximate surface area is 330 Å². The Morgan fingerprint density at radius 3 is 1.87 bits per heavy atom. The van der Waals surface area contributed by atoms with E-state index in [4.69, 9.17) is 9.72 Å². The van der Waals surface area contributed by atoms with Crippen LogP contribution in [0.15, 0.2) is 91.0 Å². The van der Waals surface area contributed by atoms with Gasteiger partial charge in [-0.3, -0.25) is 4.98 Å². The molecule has 2 aliphatic heterocycles. The molecule has 6 nitrogen and oxygen atoms in total. The Balaban J connectivity index is 1.08. The van der Waals surface area contributed by atoms with Crippen molar-refractivity contribution in [3.8, 4) is 28.0 Å². The predicted molar refractivity (Wildman–Crippen MR) is 230 cm³/mol. The van der Waals surface area contributed by atoms with Crippen LogP contribution in [0.1, 0.15) is 132 Å². The lowest BCUT2D eigenvalue weighted by molar-refractivity contribution is 0.0253. The number of H-pyrrole nitrogens is 1.